The number of ether oxygens (including phenoxy) is 1. The van der Waals surface area contributed by atoms with Crippen LogP contribution < -0.4 is 10.6 Å². The van der Waals surface area contributed by atoms with E-state index >= 15 is 0 Å². The van der Waals surface area contributed by atoms with Crippen molar-refractivity contribution < 1.29 is 13.9 Å². The van der Waals surface area contributed by atoms with Crippen molar-refractivity contribution in [2.75, 3.05) is 18.8 Å². The molecule has 1 atom stereocenters. The lowest BCUT2D eigenvalue weighted by Gasteiger charge is -2.25. The molecule has 1 aliphatic heterocycles. The Morgan fingerprint density at radius 3 is 2.88 bits per heavy atom. The summed E-state index contributed by atoms with van der Waals surface area (Å²) >= 11 is 1.58. The van der Waals surface area contributed by atoms with Gasteiger partial charge in [0.2, 0.25) is 0 Å². The van der Waals surface area contributed by atoms with Crippen LogP contribution >= 0.6 is 11.8 Å². The molecule has 24 heavy (non-hydrogen) atoms. The molecule has 2 rings (SSSR count). The quantitative estimate of drug-likeness (QED) is 0.786. The van der Waals surface area contributed by atoms with E-state index in [4.69, 9.17) is 4.74 Å². The summed E-state index contributed by atoms with van der Waals surface area (Å²) < 4.78 is 19.0. The maximum Gasteiger partial charge on any atom is 0.407 e. The zero-order valence-corrected chi connectivity index (χ0v) is 15.2. The first-order chi connectivity index (χ1) is 11.4. The third-order valence-corrected chi connectivity index (χ3v) is 4.60. The SMILES string of the molecule is CC(C)(C)OC(=O)NC/C=C/CNC1CCSc2c(F)cccc21. The van der Waals surface area contributed by atoms with Crippen molar-refractivity contribution in [3.8, 4) is 0 Å². The van der Waals surface area contributed by atoms with Crippen LogP contribution in [-0.2, 0) is 4.74 Å². The van der Waals surface area contributed by atoms with Gasteiger partial charge in [0.25, 0.3) is 0 Å². The van der Waals surface area contributed by atoms with Crippen LogP contribution in [0.25, 0.3) is 0 Å². The third kappa shape index (κ3) is 5.83. The van der Waals surface area contributed by atoms with Crippen LogP contribution in [0.4, 0.5) is 9.18 Å². The Balaban J connectivity index is 1.74. The van der Waals surface area contributed by atoms with E-state index in [-0.39, 0.29) is 11.9 Å². The fraction of sp³-hybridized carbons (Fsp3) is 0.500. The first-order valence-corrected chi connectivity index (χ1v) is 9.12. The minimum atomic E-state index is -0.489. The maximum atomic E-state index is 13.8. The Morgan fingerprint density at radius 1 is 1.38 bits per heavy atom. The standard InChI is InChI=1S/C18H25FN2O2S/c1-18(2,3)23-17(22)21-11-5-4-10-20-15-9-12-24-16-13(15)7-6-8-14(16)19/h4-8,15,20H,9-12H2,1-3H3,(H,21,22)/b5-4+. The van der Waals surface area contributed by atoms with E-state index in [9.17, 15) is 9.18 Å². The van der Waals surface area contributed by atoms with E-state index in [0.717, 1.165) is 22.6 Å². The smallest absolute Gasteiger partial charge is 0.407 e. The molecule has 1 aliphatic rings. The van der Waals surface area contributed by atoms with Gasteiger partial charge in [0, 0.05) is 24.0 Å². The molecule has 0 bridgehead atoms. The fourth-order valence-corrected chi connectivity index (χ4v) is 3.57. The summed E-state index contributed by atoms with van der Waals surface area (Å²) in [4.78, 5) is 12.2. The number of halogens is 1. The number of alkyl carbamates (subject to hydrolysis) is 1. The van der Waals surface area contributed by atoms with E-state index < -0.39 is 11.7 Å². The van der Waals surface area contributed by atoms with Gasteiger partial charge in [-0.2, -0.15) is 0 Å². The second kappa shape index (κ2) is 8.53. The molecular weight excluding hydrogens is 327 g/mol. The van der Waals surface area contributed by atoms with E-state index in [1.807, 2.05) is 39.0 Å². The Kier molecular flexibility index (Phi) is 6.69. The van der Waals surface area contributed by atoms with Crippen LogP contribution in [0.2, 0.25) is 0 Å². The van der Waals surface area contributed by atoms with Crippen LogP contribution in [0.3, 0.4) is 0 Å². The average Bonchev–Trinajstić information content (AvgIpc) is 2.49. The van der Waals surface area contributed by atoms with Crippen LogP contribution in [0, 0.1) is 5.82 Å². The average molecular weight is 352 g/mol. The summed E-state index contributed by atoms with van der Waals surface area (Å²) in [5.41, 5.74) is 0.545. The molecule has 0 aliphatic carbocycles. The number of carbonyl (C=O) groups is 1. The second-order valence-electron chi connectivity index (χ2n) is 6.61. The second-order valence-corrected chi connectivity index (χ2v) is 7.72. The highest BCUT2D eigenvalue weighted by Gasteiger charge is 2.22. The number of hydrogen-bond donors (Lipinski definition) is 2. The topological polar surface area (TPSA) is 50.4 Å². The van der Waals surface area contributed by atoms with Crippen molar-refractivity contribution in [1.29, 1.82) is 0 Å². The van der Waals surface area contributed by atoms with Gasteiger partial charge in [0.05, 0.1) is 0 Å². The van der Waals surface area contributed by atoms with Gasteiger partial charge in [-0.25, -0.2) is 9.18 Å². The highest BCUT2D eigenvalue weighted by atomic mass is 32.2. The first-order valence-electron chi connectivity index (χ1n) is 8.13. The van der Waals surface area contributed by atoms with Crippen LogP contribution in [0.5, 0.6) is 0 Å². The van der Waals surface area contributed by atoms with Crippen LogP contribution in [-0.4, -0.2) is 30.5 Å². The number of thioether (sulfide) groups is 1. The molecule has 1 aromatic carbocycles. The zero-order chi connectivity index (χ0) is 17.6. The number of fused-ring (bicyclic) bond motifs is 1. The molecule has 132 valence electrons. The number of hydrogen-bond acceptors (Lipinski definition) is 4. The summed E-state index contributed by atoms with van der Waals surface area (Å²) in [5, 5.41) is 6.09. The Morgan fingerprint density at radius 2 is 2.12 bits per heavy atom. The number of carbonyl (C=O) groups excluding carboxylic acids is 1. The number of nitrogens with one attached hydrogen (secondary N) is 2. The molecule has 2 N–H and O–H groups in total. The minimum Gasteiger partial charge on any atom is -0.444 e. The van der Waals surface area contributed by atoms with Gasteiger partial charge < -0.3 is 15.4 Å². The molecule has 0 radical (unpaired) electrons. The van der Waals surface area contributed by atoms with Gasteiger partial charge in [-0.15, -0.1) is 11.8 Å². The van der Waals surface area contributed by atoms with Gasteiger partial charge in [0.1, 0.15) is 11.4 Å². The summed E-state index contributed by atoms with van der Waals surface area (Å²) in [7, 11) is 0. The summed E-state index contributed by atoms with van der Waals surface area (Å²) in [6.07, 6.45) is 4.39. The lowest BCUT2D eigenvalue weighted by molar-refractivity contribution is 0.0534. The normalized spacial score (nSPS) is 17.6. The van der Waals surface area contributed by atoms with Gasteiger partial charge in [-0.3, -0.25) is 0 Å². The van der Waals surface area contributed by atoms with Crippen molar-refractivity contribution in [2.24, 2.45) is 0 Å². The fourth-order valence-electron chi connectivity index (χ4n) is 2.43. The Labute approximate surface area is 147 Å². The van der Waals surface area contributed by atoms with Gasteiger partial charge in [-0.1, -0.05) is 24.3 Å². The van der Waals surface area contributed by atoms with Gasteiger partial charge in [-0.05, 0) is 44.6 Å². The summed E-state index contributed by atoms with van der Waals surface area (Å²) in [5.74, 6) is 0.774. The van der Waals surface area contributed by atoms with E-state index in [1.54, 1.807) is 17.8 Å². The number of benzene rings is 1. The zero-order valence-electron chi connectivity index (χ0n) is 14.4. The van der Waals surface area contributed by atoms with Gasteiger partial charge in [0.15, 0.2) is 0 Å². The largest absolute Gasteiger partial charge is 0.444 e. The molecule has 1 heterocycles. The highest BCUT2D eigenvalue weighted by molar-refractivity contribution is 7.99. The molecular formula is C18H25FN2O2S. The molecule has 0 aromatic heterocycles. The maximum absolute atomic E-state index is 13.8. The minimum absolute atomic E-state index is 0.138. The molecule has 0 saturated heterocycles. The molecule has 1 aromatic rings. The Hall–Kier alpha value is -1.53. The van der Waals surface area contributed by atoms with Crippen molar-refractivity contribution in [3.63, 3.8) is 0 Å². The van der Waals surface area contributed by atoms with Crippen molar-refractivity contribution >= 4 is 17.9 Å². The molecule has 1 unspecified atom stereocenters. The molecule has 1 amide bonds. The monoisotopic (exact) mass is 352 g/mol. The van der Waals surface area contributed by atoms with Crippen LogP contribution in [0.15, 0.2) is 35.2 Å². The van der Waals surface area contributed by atoms with Gasteiger partial charge >= 0.3 is 6.09 Å². The molecule has 0 saturated carbocycles. The molecule has 4 nitrogen and oxygen atoms in total. The molecule has 0 fully saturated rings. The highest BCUT2D eigenvalue weighted by Crippen LogP contribution is 2.37. The summed E-state index contributed by atoms with van der Waals surface area (Å²) in [6, 6.07) is 5.42. The van der Waals surface area contributed by atoms with Crippen molar-refractivity contribution in [1.82, 2.24) is 10.6 Å². The van der Waals surface area contributed by atoms with E-state index in [0.29, 0.717) is 13.1 Å². The third-order valence-electron chi connectivity index (χ3n) is 3.44. The predicted molar refractivity (Wildman–Crippen MR) is 95.9 cm³/mol. The lowest BCUT2D eigenvalue weighted by Crippen LogP contribution is -2.32. The summed E-state index contributed by atoms with van der Waals surface area (Å²) in [6.45, 7) is 6.57. The van der Waals surface area contributed by atoms with Crippen molar-refractivity contribution in [2.45, 2.75) is 43.7 Å². The van der Waals surface area contributed by atoms with E-state index in [2.05, 4.69) is 10.6 Å². The first kappa shape index (κ1) is 18.8. The number of rotatable bonds is 5. The number of amides is 1. The molecule has 0 spiro atoms. The molecule has 6 heteroatoms. The van der Waals surface area contributed by atoms with Crippen molar-refractivity contribution in [3.05, 3.63) is 41.7 Å². The Bertz CT molecular complexity index is 599. The predicted octanol–water partition coefficient (Wildman–Crippen LogP) is 4.03. The lowest BCUT2D eigenvalue weighted by atomic mass is 10.0. The van der Waals surface area contributed by atoms with E-state index in [1.165, 1.54) is 6.07 Å². The van der Waals surface area contributed by atoms with Crippen LogP contribution in [0.1, 0.15) is 38.8 Å².